The predicted molar refractivity (Wildman–Crippen MR) is 90.0 cm³/mol. The van der Waals surface area contributed by atoms with Crippen molar-refractivity contribution < 1.29 is 19.1 Å². The summed E-state index contributed by atoms with van der Waals surface area (Å²) in [6.45, 7) is 8.96. The molecule has 0 saturated carbocycles. The molecule has 0 fully saturated rings. The Balaban J connectivity index is 2.78. The molecule has 4 nitrogen and oxygen atoms in total. The fraction of sp³-hybridized carbons (Fsp3) is 0.579. The number of hydrogen-bond donors (Lipinski definition) is 0. The van der Waals surface area contributed by atoms with Gasteiger partial charge < -0.3 is 9.47 Å². The molecule has 0 spiro atoms. The smallest absolute Gasteiger partial charge is 0.316 e. The van der Waals surface area contributed by atoms with Crippen LogP contribution < -0.4 is 0 Å². The van der Waals surface area contributed by atoms with Crippen molar-refractivity contribution in [3.8, 4) is 0 Å². The van der Waals surface area contributed by atoms with Crippen molar-refractivity contribution >= 4 is 11.8 Å². The van der Waals surface area contributed by atoms with E-state index in [0.29, 0.717) is 12.8 Å². The Labute approximate surface area is 139 Å². The molecular formula is C19H28O4. The lowest BCUT2D eigenvalue weighted by Gasteiger charge is -2.23. The maximum atomic E-state index is 12.1. The van der Waals surface area contributed by atoms with Crippen molar-refractivity contribution in [1.82, 2.24) is 0 Å². The lowest BCUT2D eigenvalue weighted by atomic mass is 9.94. The molecular weight excluding hydrogens is 292 g/mol. The molecule has 1 aromatic carbocycles. The Hall–Kier alpha value is -1.68. The van der Waals surface area contributed by atoms with Crippen LogP contribution in [0.1, 0.15) is 59.1 Å². The predicted octanol–water partition coefficient (Wildman–Crippen LogP) is 4.09. The van der Waals surface area contributed by atoms with Crippen LogP contribution in [0.5, 0.6) is 0 Å². The number of rotatable bonds is 9. The summed E-state index contributed by atoms with van der Waals surface area (Å²) in [5.74, 6) is -1.32. The highest BCUT2D eigenvalue weighted by Crippen LogP contribution is 2.27. The Kier molecular flexibility index (Phi) is 7.96. The van der Waals surface area contributed by atoms with Gasteiger partial charge in [-0.25, -0.2) is 0 Å². The molecule has 0 N–H and O–H groups in total. The molecule has 4 heteroatoms. The van der Waals surface area contributed by atoms with E-state index in [-0.39, 0.29) is 24.1 Å². The number of ether oxygens (including phenoxy) is 2. The number of hydrogen-bond acceptors (Lipinski definition) is 4. The molecule has 0 saturated heterocycles. The summed E-state index contributed by atoms with van der Waals surface area (Å²) in [4.78, 5) is 23.9. The van der Waals surface area contributed by atoms with Crippen LogP contribution >= 0.6 is 0 Å². The molecule has 0 heterocycles. The van der Waals surface area contributed by atoms with Crippen molar-refractivity contribution in [3.05, 3.63) is 35.9 Å². The fourth-order valence-electron chi connectivity index (χ4n) is 2.43. The number of ketones is 1. The normalized spacial score (nSPS) is 13.9. The van der Waals surface area contributed by atoms with Crippen LogP contribution in [0.25, 0.3) is 0 Å². The van der Waals surface area contributed by atoms with Crippen LogP contribution in [0, 0.1) is 5.92 Å². The molecule has 0 aromatic heterocycles. The molecule has 128 valence electrons. The van der Waals surface area contributed by atoms with Gasteiger partial charge in [0.25, 0.3) is 0 Å². The largest absolute Gasteiger partial charge is 0.462 e. The number of carbonyl (C=O) groups excluding carboxylic acids is 2. The highest BCUT2D eigenvalue weighted by Gasteiger charge is 2.27. The Bertz CT molecular complexity index is 493. The van der Waals surface area contributed by atoms with E-state index in [1.165, 1.54) is 6.92 Å². The second-order valence-corrected chi connectivity index (χ2v) is 6.31. The maximum absolute atomic E-state index is 12.1. The average Bonchev–Trinajstić information content (AvgIpc) is 2.45. The Morgan fingerprint density at radius 2 is 1.57 bits per heavy atom. The zero-order valence-corrected chi connectivity index (χ0v) is 14.7. The van der Waals surface area contributed by atoms with Crippen molar-refractivity contribution in [3.63, 3.8) is 0 Å². The van der Waals surface area contributed by atoms with Gasteiger partial charge in [-0.15, -0.1) is 0 Å². The van der Waals surface area contributed by atoms with Crippen LogP contribution in [0.15, 0.2) is 30.3 Å². The SMILES string of the molecule is CC(=O)C(CCC(OC(C)C)c1ccccc1)C(=O)OC(C)C. The van der Waals surface area contributed by atoms with E-state index in [2.05, 4.69) is 0 Å². The Morgan fingerprint density at radius 1 is 0.957 bits per heavy atom. The van der Waals surface area contributed by atoms with Gasteiger partial charge in [0.15, 0.2) is 0 Å². The number of Topliss-reactive ketones (excluding diaryl/α,β-unsaturated/α-hetero) is 1. The summed E-state index contributed by atoms with van der Waals surface area (Å²) in [5, 5.41) is 0. The van der Waals surface area contributed by atoms with Crippen molar-refractivity contribution in [2.24, 2.45) is 5.92 Å². The maximum Gasteiger partial charge on any atom is 0.316 e. The second kappa shape index (κ2) is 9.46. The summed E-state index contributed by atoms with van der Waals surface area (Å²) in [6, 6.07) is 9.88. The highest BCUT2D eigenvalue weighted by molar-refractivity contribution is 5.97. The van der Waals surface area contributed by atoms with Gasteiger partial charge in [-0.2, -0.15) is 0 Å². The van der Waals surface area contributed by atoms with Crippen LogP contribution in [0.3, 0.4) is 0 Å². The van der Waals surface area contributed by atoms with Crippen LogP contribution in [0.4, 0.5) is 0 Å². The molecule has 0 aliphatic carbocycles. The van der Waals surface area contributed by atoms with E-state index in [4.69, 9.17) is 9.47 Å². The van der Waals surface area contributed by atoms with E-state index in [9.17, 15) is 9.59 Å². The van der Waals surface area contributed by atoms with Gasteiger partial charge in [0.2, 0.25) is 0 Å². The first-order chi connectivity index (χ1) is 10.8. The fourth-order valence-corrected chi connectivity index (χ4v) is 2.43. The summed E-state index contributed by atoms with van der Waals surface area (Å²) >= 11 is 0. The van der Waals surface area contributed by atoms with E-state index < -0.39 is 11.9 Å². The number of carbonyl (C=O) groups is 2. The zero-order valence-electron chi connectivity index (χ0n) is 14.7. The van der Waals surface area contributed by atoms with Gasteiger partial charge in [0, 0.05) is 0 Å². The van der Waals surface area contributed by atoms with Gasteiger partial charge in [0.05, 0.1) is 18.3 Å². The molecule has 1 aromatic rings. The summed E-state index contributed by atoms with van der Waals surface area (Å²) in [5.41, 5.74) is 1.06. The second-order valence-electron chi connectivity index (χ2n) is 6.31. The van der Waals surface area contributed by atoms with Crippen molar-refractivity contribution in [2.45, 2.75) is 65.8 Å². The number of benzene rings is 1. The van der Waals surface area contributed by atoms with Crippen LogP contribution in [-0.4, -0.2) is 24.0 Å². The molecule has 2 unspecified atom stereocenters. The molecule has 2 atom stereocenters. The minimum atomic E-state index is -0.723. The molecule has 1 rings (SSSR count). The molecule has 0 aliphatic heterocycles. The van der Waals surface area contributed by atoms with Gasteiger partial charge >= 0.3 is 5.97 Å². The molecule has 0 aliphatic rings. The first-order valence-electron chi connectivity index (χ1n) is 8.22. The van der Waals surface area contributed by atoms with Crippen molar-refractivity contribution in [1.29, 1.82) is 0 Å². The molecule has 23 heavy (non-hydrogen) atoms. The number of esters is 1. The lowest BCUT2D eigenvalue weighted by Crippen LogP contribution is -2.27. The standard InChI is InChI=1S/C19H28O4/c1-13(2)22-18(16-9-7-6-8-10-16)12-11-17(15(5)20)19(21)23-14(3)4/h6-10,13-14,17-18H,11-12H2,1-5H3. The zero-order chi connectivity index (χ0) is 17.4. The highest BCUT2D eigenvalue weighted by atomic mass is 16.5. The molecule has 0 bridgehead atoms. The van der Waals surface area contributed by atoms with Gasteiger partial charge in [-0.1, -0.05) is 30.3 Å². The van der Waals surface area contributed by atoms with Crippen LogP contribution in [-0.2, 0) is 19.1 Å². The lowest BCUT2D eigenvalue weighted by molar-refractivity contribution is -0.155. The first-order valence-corrected chi connectivity index (χ1v) is 8.22. The van der Waals surface area contributed by atoms with Crippen molar-refractivity contribution in [2.75, 3.05) is 0 Å². The summed E-state index contributed by atoms with van der Waals surface area (Å²) < 4.78 is 11.2. The minimum Gasteiger partial charge on any atom is -0.462 e. The summed E-state index contributed by atoms with van der Waals surface area (Å²) in [6.07, 6.45) is 0.733. The third kappa shape index (κ3) is 6.95. The minimum absolute atomic E-state index is 0.0681. The topological polar surface area (TPSA) is 52.6 Å². The van der Waals surface area contributed by atoms with Gasteiger partial charge in [0.1, 0.15) is 11.7 Å². The van der Waals surface area contributed by atoms with E-state index in [1.807, 2.05) is 44.2 Å². The van der Waals surface area contributed by atoms with E-state index in [1.54, 1.807) is 13.8 Å². The monoisotopic (exact) mass is 320 g/mol. The van der Waals surface area contributed by atoms with E-state index >= 15 is 0 Å². The van der Waals surface area contributed by atoms with Gasteiger partial charge in [-0.05, 0) is 53.0 Å². The molecule has 0 radical (unpaired) electrons. The first kappa shape index (κ1) is 19.4. The van der Waals surface area contributed by atoms with Gasteiger partial charge in [-0.3, -0.25) is 9.59 Å². The molecule has 0 amide bonds. The summed E-state index contributed by atoms with van der Waals surface area (Å²) in [7, 11) is 0. The average molecular weight is 320 g/mol. The Morgan fingerprint density at radius 3 is 2.04 bits per heavy atom. The third-order valence-electron chi connectivity index (χ3n) is 3.45. The third-order valence-corrected chi connectivity index (χ3v) is 3.45. The van der Waals surface area contributed by atoms with Crippen LogP contribution in [0.2, 0.25) is 0 Å². The van der Waals surface area contributed by atoms with E-state index in [0.717, 1.165) is 5.56 Å². The quantitative estimate of drug-likeness (QED) is 0.508.